The van der Waals surface area contributed by atoms with Gasteiger partial charge in [-0.1, -0.05) is 18.2 Å². The van der Waals surface area contributed by atoms with Gasteiger partial charge in [0.25, 0.3) is 5.91 Å². The highest BCUT2D eigenvalue weighted by atomic mass is 19.1. The quantitative estimate of drug-likeness (QED) is 0.724. The van der Waals surface area contributed by atoms with E-state index in [-0.39, 0.29) is 11.7 Å². The molecule has 130 valence electrons. The topological polar surface area (TPSA) is 48.1 Å². The van der Waals surface area contributed by atoms with Crippen LogP contribution in [0.25, 0.3) is 10.9 Å². The smallest absolute Gasteiger partial charge is 0.251 e. The van der Waals surface area contributed by atoms with Crippen LogP contribution in [-0.4, -0.2) is 36.4 Å². The third-order valence-electron chi connectivity index (χ3n) is 4.10. The molecule has 0 fully saturated rings. The molecule has 0 unspecified atom stereocenters. The Labute approximate surface area is 146 Å². The number of aromatic amines is 1. The predicted octanol–water partition coefficient (Wildman–Crippen LogP) is 3.34. The Morgan fingerprint density at radius 1 is 1.20 bits per heavy atom. The van der Waals surface area contributed by atoms with E-state index in [1.807, 2.05) is 38.4 Å². The van der Waals surface area contributed by atoms with Crippen molar-refractivity contribution in [3.8, 4) is 0 Å². The number of aromatic nitrogens is 1. The van der Waals surface area contributed by atoms with Crippen LogP contribution >= 0.6 is 0 Å². The van der Waals surface area contributed by atoms with Crippen molar-refractivity contribution in [1.82, 2.24) is 15.2 Å². The lowest BCUT2D eigenvalue weighted by Crippen LogP contribution is -2.25. The number of benzene rings is 2. The van der Waals surface area contributed by atoms with Gasteiger partial charge in [0.05, 0.1) is 0 Å². The van der Waals surface area contributed by atoms with Crippen molar-refractivity contribution < 1.29 is 9.18 Å². The second kappa shape index (κ2) is 7.49. The van der Waals surface area contributed by atoms with E-state index in [9.17, 15) is 9.18 Å². The predicted molar refractivity (Wildman–Crippen MR) is 98.1 cm³/mol. The maximum Gasteiger partial charge on any atom is 0.251 e. The van der Waals surface area contributed by atoms with Crippen molar-refractivity contribution in [2.45, 2.75) is 13.0 Å². The van der Waals surface area contributed by atoms with Crippen molar-refractivity contribution in [1.29, 1.82) is 0 Å². The van der Waals surface area contributed by atoms with Gasteiger partial charge in [-0.25, -0.2) is 4.39 Å². The molecule has 1 aromatic heterocycles. The number of halogens is 1. The molecule has 2 N–H and O–H groups in total. The first kappa shape index (κ1) is 17.2. The van der Waals surface area contributed by atoms with Gasteiger partial charge in [0.1, 0.15) is 5.82 Å². The molecule has 0 radical (unpaired) electrons. The average molecular weight is 339 g/mol. The molecule has 0 aliphatic heterocycles. The summed E-state index contributed by atoms with van der Waals surface area (Å²) in [6.07, 6.45) is 2.38. The number of carbonyl (C=O) groups is 1. The lowest BCUT2D eigenvalue weighted by Gasteiger charge is -2.11. The van der Waals surface area contributed by atoms with E-state index in [0.29, 0.717) is 23.9 Å². The zero-order valence-electron chi connectivity index (χ0n) is 14.5. The van der Waals surface area contributed by atoms with E-state index in [4.69, 9.17) is 0 Å². The molecule has 0 atom stereocenters. The highest BCUT2D eigenvalue weighted by molar-refractivity contribution is 5.94. The summed E-state index contributed by atoms with van der Waals surface area (Å²) < 4.78 is 14.0. The maximum absolute atomic E-state index is 14.0. The normalized spacial score (nSPS) is 11.2. The van der Waals surface area contributed by atoms with E-state index >= 15 is 0 Å². The zero-order chi connectivity index (χ0) is 17.8. The molecule has 25 heavy (non-hydrogen) atoms. The minimum Gasteiger partial charge on any atom is -0.361 e. The Hall–Kier alpha value is -2.66. The highest BCUT2D eigenvalue weighted by Gasteiger charge is 2.10. The van der Waals surface area contributed by atoms with Crippen LogP contribution in [0.4, 0.5) is 4.39 Å². The molecular weight excluding hydrogens is 317 g/mol. The van der Waals surface area contributed by atoms with E-state index in [2.05, 4.69) is 15.2 Å². The fourth-order valence-corrected chi connectivity index (χ4v) is 2.99. The lowest BCUT2D eigenvalue weighted by molar-refractivity contribution is 0.0954. The molecule has 4 nitrogen and oxygen atoms in total. The van der Waals surface area contributed by atoms with Crippen molar-refractivity contribution in [3.05, 3.63) is 71.2 Å². The van der Waals surface area contributed by atoms with Gasteiger partial charge in [0.2, 0.25) is 0 Å². The number of rotatable bonds is 6. The second-order valence-corrected chi connectivity index (χ2v) is 6.42. The van der Waals surface area contributed by atoms with Crippen LogP contribution in [0.1, 0.15) is 21.5 Å². The van der Waals surface area contributed by atoms with Gasteiger partial charge in [0.15, 0.2) is 0 Å². The molecule has 3 aromatic rings. The Kier molecular flexibility index (Phi) is 5.14. The second-order valence-electron chi connectivity index (χ2n) is 6.42. The van der Waals surface area contributed by atoms with Gasteiger partial charge in [0, 0.05) is 35.8 Å². The fourth-order valence-electron chi connectivity index (χ4n) is 2.99. The first-order valence-corrected chi connectivity index (χ1v) is 8.31. The van der Waals surface area contributed by atoms with Crippen molar-refractivity contribution in [3.63, 3.8) is 0 Å². The van der Waals surface area contributed by atoms with Gasteiger partial charge >= 0.3 is 0 Å². The van der Waals surface area contributed by atoms with Gasteiger partial charge in [-0.15, -0.1) is 0 Å². The Balaban J connectivity index is 1.63. The molecule has 1 amide bonds. The molecule has 5 heteroatoms. The van der Waals surface area contributed by atoms with E-state index in [1.54, 1.807) is 18.3 Å². The summed E-state index contributed by atoms with van der Waals surface area (Å²) in [5, 5.41) is 3.51. The van der Waals surface area contributed by atoms with Crippen LogP contribution in [0.2, 0.25) is 0 Å². The summed E-state index contributed by atoms with van der Waals surface area (Å²) in [6.45, 7) is 1.24. The number of nitrogens with zero attached hydrogens (tertiary/aromatic N) is 1. The average Bonchev–Trinajstić information content (AvgIpc) is 2.99. The summed E-state index contributed by atoms with van der Waals surface area (Å²) in [4.78, 5) is 17.5. The first-order valence-electron chi connectivity index (χ1n) is 8.31. The summed E-state index contributed by atoms with van der Waals surface area (Å²) in [5.74, 6) is -0.350. The van der Waals surface area contributed by atoms with Crippen molar-refractivity contribution >= 4 is 16.8 Å². The van der Waals surface area contributed by atoms with Gasteiger partial charge in [-0.05, 0) is 55.9 Å². The molecule has 0 spiro atoms. The minimum atomic E-state index is -0.239. The number of hydrogen-bond acceptors (Lipinski definition) is 2. The summed E-state index contributed by atoms with van der Waals surface area (Å²) in [5.41, 5.74) is 3.38. The molecule has 1 heterocycles. The largest absolute Gasteiger partial charge is 0.361 e. The lowest BCUT2D eigenvalue weighted by atomic mass is 10.1. The Bertz CT molecular complexity index is 886. The number of carbonyl (C=O) groups excluding carboxylic acids is 1. The highest BCUT2D eigenvalue weighted by Crippen LogP contribution is 2.21. The molecule has 0 aliphatic carbocycles. The van der Waals surface area contributed by atoms with E-state index < -0.39 is 0 Å². The van der Waals surface area contributed by atoms with Crippen molar-refractivity contribution in [2.75, 3.05) is 20.6 Å². The van der Waals surface area contributed by atoms with Crippen LogP contribution in [0.3, 0.4) is 0 Å². The monoisotopic (exact) mass is 339 g/mol. The molecule has 0 aliphatic rings. The zero-order valence-corrected chi connectivity index (χ0v) is 14.5. The van der Waals surface area contributed by atoms with Gasteiger partial charge in [-0.3, -0.25) is 4.79 Å². The summed E-state index contributed by atoms with van der Waals surface area (Å²) >= 11 is 0. The van der Waals surface area contributed by atoms with Crippen LogP contribution < -0.4 is 5.32 Å². The fraction of sp³-hybridized carbons (Fsp3) is 0.250. The Morgan fingerprint density at radius 3 is 2.80 bits per heavy atom. The third-order valence-corrected chi connectivity index (χ3v) is 4.10. The van der Waals surface area contributed by atoms with E-state index in [1.165, 1.54) is 6.07 Å². The molecule has 2 aromatic carbocycles. The molecule has 0 saturated carbocycles. The minimum absolute atomic E-state index is 0.110. The molecule has 0 saturated heterocycles. The van der Waals surface area contributed by atoms with Crippen LogP contribution in [-0.2, 0) is 13.0 Å². The van der Waals surface area contributed by atoms with Crippen molar-refractivity contribution in [2.24, 2.45) is 0 Å². The Morgan fingerprint density at radius 2 is 2.00 bits per heavy atom. The molecule has 3 rings (SSSR count). The van der Waals surface area contributed by atoms with E-state index in [0.717, 1.165) is 23.2 Å². The van der Waals surface area contributed by atoms with Crippen LogP contribution in [0, 0.1) is 5.82 Å². The SMILES string of the molecule is CN(C)Cc1cccc(C(=O)NCCc2c[nH]c3cccc(F)c23)c1. The number of fused-ring (bicyclic) bond motifs is 1. The van der Waals surface area contributed by atoms with Crippen LogP contribution in [0.15, 0.2) is 48.7 Å². The summed E-state index contributed by atoms with van der Waals surface area (Å²) in [6, 6.07) is 12.6. The number of H-pyrrole nitrogens is 1. The molecule has 0 bridgehead atoms. The maximum atomic E-state index is 14.0. The molecular formula is C20H22FN3O. The van der Waals surface area contributed by atoms with Gasteiger partial charge < -0.3 is 15.2 Å². The number of hydrogen-bond donors (Lipinski definition) is 2. The number of nitrogens with one attached hydrogen (secondary N) is 2. The summed E-state index contributed by atoms with van der Waals surface area (Å²) in [7, 11) is 3.99. The van der Waals surface area contributed by atoms with Gasteiger partial charge in [-0.2, -0.15) is 0 Å². The number of amides is 1. The first-order chi connectivity index (χ1) is 12.0. The standard InChI is InChI=1S/C20H22FN3O/c1-24(2)13-14-5-3-6-15(11-14)20(25)22-10-9-16-12-23-18-8-4-7-17(21)19(16)18/h3-8,11-12,23H,9-10,13H2,1-2H3,(H,22,25). The third kappa shape index (κ3) is 4.06. The van der Waals surface area contributed by atoms with Crippen LogP contribution in [0.5, 0.6) is 0 Å².